The van der Waals surface area contributed by atoms with Gasteiger partial charge < -0.3 is 19.0 Å². The minimum atomic E-state index is -1.10. The Bertz CT molecular complexity index is 1420. The van der Waals surface area contributed by atoms with Gasteiger partial charge in [-0.25, -0.2) is 8.78 Å². The monoisotopic (exact) mass is 423 g/mol. The maximum absolute atomic E-state index is 14.1. The van der Waals surface area contributed by atoms with Crippen LogP contribution < -0.4 is 5.56 Å². The van der Waals surface area contributed by atoms with Crippen molar-refractivity contribution in [3.05, 3.63) is 87.1 Å². The number of rotatable bonds is 2. The first-order valence-corrected chi connectivity index (χ1v) is 9.80. The fourth-order valence-corrected chi connectivity index (χ4v) is 4.23. The van der Waals surface area contributed by atoms with Crippen LogP contribution in [0.5, 0.6) is 0 Å². The van der Waals surface area contributed by atoms with E-state index in [1.807, 2.05) is 29.7 Å². The van der Waals surface area contributed by atoms with Gasteiger partial charge in [0.15, 0.2) is 11.6 Å². The topological polar surface area (TPSA) is 66.8 Å². The molecule has 31 heavy (non-hydrogen) atoms. The van der Waals surface area contributed by atoms with Crippen LogP contribution >= 0.6 is 0 Å². The van der Waals surface area contributed by atoms with Gasteiger partial charge in [0.25, 0.3) is 11.5 Å². The van der Waals surface area contributed by atoms with Crippen molar-refractivity contribution >= 4 is 22.2 Å². The van der Waals surface area contributed by atoms with Crippen molar-refractivity contribution in [2.24, 2.45) is 0 Å². The highest BCUT2D eigenvalue weighted by Gasteiger charge is 2.31. The molecule has 1 aliphatic heterocycles. The highest BCUT2D eigenvalue weighted by molar-refractivity contribution is 5.96. The molecule has 158 valence electrons. The molecular weight excluding hydrogens is 404 g/mol. The van der Waals surface area contributed by atoms with E-state index >= 15 is 0 Å². The quantitative estimate of drug-likeness (QED) is 0.535. The second-order valence-electron chi connectivity index (χ2n) is 7.87. The van der Waals surface area contributed by atoms with Gasteiger partial charge in [0.2, 0.25) is 0 Å². The molecular formula is C23H19F2N3O3. The van der Waals surface area contributed by atoms with Gasteiger partial charge in [0, 0.05) is 36.2 Å². The molecule has 4 aromatic rings. The zero-order valence-corrected chi connectivity index (χ0v) is 16.9. The number of H-pyrrole nitrogens is 1. The molecule has 8 heteroatoms. The van der Waals surface area contributed by atoms with Gasteiger partial charge in [0.05, 0.1) is 30.2 Å². The average Bonchev–Trinajstić information content (AvgIpc) is 3.17. The molecule has 5 rings (SSSR count). The third kappa shape index (κ3) is 3.11. The fourth-order valence-electron chi connectivity index (χ4n) is 4.23. The second-order valence-corrected chi connectivity index (χ2v) is 7.87. The Balaban J connectivity index is 1.61. The Morgan fingerprint density at radius 1 is 1.16 bits per heavy atom. The number of benzene rings is 1. The molecule has 1 atom stereocenters. The molecule has 0 spiro atoms. The molecule has 0 unspecified atom stereocenters. The van der Waals surface area contributed by atoms with E-state index in [0.717, 1.165) is 23.2 Å². The third-order valence-electron chi connectivity index (χ3n) is 5.81. The van der Waals surface area contributed by atoms with Gasteiger partial charge in [-0.05, 0) is 42.1 Å². The van der Waals surface area contributed by atoms with Crippen molar-refractivity contribution < 1.29 is 18.3 Å². The van der Waals surface area contributed by atoms with Crippen molar-refractivity contribution in [2.75, 3.05) is 13.7 Å². The number of hydrogen-bond donors (Lipinski definition) is 1. The Hall–Kier alpha value is -3.52. The van der Waals surface area contributed by atoms with Crippen LogP contribution in [0.4, 0.5) is 8.78 Å². The molecule has 6 nitrogen and oxygen atoms in total. The van der Waals surface area contributed by atoms with Crippen molar-refractivity contribution in [2.45, 2.75) is 19.6 Å². The Kier molecular flexibility index (Phi) is 4.40. The number of fused-ring (bicyclic) bond motifs is 4. The number of aromatic amines is 1. The largest absolute Gasteiger partial charge is 0.373 e. The van der Waals surface area contributed by atoms with Crippen molar-refractivity contribution in [3.8, 4) is 0 Å². The highest BCUT2D eigenvalue weighted by Crippen LogP contribution is 2.34. The van der Waals surface area contributed by atoms with E-state index < -0.39 is 23.2 Å². The van der Waals surface area contributed by atoms with Gasteiger partial charge in [-0.2, -0.15) is 0 Å². The van der Waals surface area contributed by atoms with E-state index in [1.54, 1.807) is 19.3 Å². The van der Waals surface area contributed by atoms with Crippen LogP contribution in [0.15, 0.2) is 47.5 Å². The number of amides is 1. The van der Waals surface area contributed by atoms with E-state index in [2.05, 4.69) is 4.98 Å². The summed E-state index contributed by atoms with van der Waals surface area (Å²) < 4.78 is 35.3. The smallest absolute Gasteiger partial charge is 0.256 e. The van der Waals surface area contributed by atoms with Crippen LogP contribution in [0.25, 0.3) is 16.3 Å². The summed E-state index contributed by atoms with van der Waals surface area (Å²) in [6.07, 6.45) is 3.69. The summed E-state index contributed by atoms with van der Waals surface area (Å²) in [5, 5.41) is 0.318. The molecule has 1 aliphatic rings. The second kappa shape index (κ2) is 7.02. The lowest BCUT2D eigenvalue weighted by molar-refractivity contribution is 0.0336. The number of likely N-dealkylation sites (N-methyl/N-ethyl adjacent to an activating group) is 1. The van der Waals surface area contributed by atoms with E-state index in [4.69, 9.17) is 4.74 Å². The maximum atomic E-state index is 14.1. The van der Waals surface area contributed by atoms with E-state index in [0.29, 0.717) is 16.8 Å². The summed E-state index contributed by atoms with van der Waals surface area (Å²) in [4.78, 5) is 29.9. The number of aromatic nitrogens is 2. The van der Waals surface area contributed by atoms with Gasteiger partial charge in [-0.15, -0.1) is 0 Å². The molecule has 1 amide bonds. The first-order chi connectivity index (χ1) is 14.8. The van der Waals surface area contributed by atoms with E-state index in [9.17, 15) is 18.4 Å². The first-order valence-electron chi connectivity index (χ1n) is 9.80. The summed E-state index contributed by atoms with van der Waals surface area (Å²) >= 11 is 0. The summed E-state index contributed by atoms with van der Waals surface area (Å²) in [7, 11) is 1.63. The van der Waals surface area contributed by atoms with Gasteiger partial charge >= 0.3 is 0 Å². The third-order valence-corrected chi connectivity index (χ3v) is 5.81. The lowest BCUT2D eigenvalue weighted by atomic mass is 9.95. The molecule has 0 fully saturated rings. The van der Waals surface area contributed by atoms with Crippen LogP contribution in [0, 0.1) is 18.6 Å². The maximum Gasteiger partial charge on any atom is 0.256 e. The molecule has 0 saturated heterocycles. The number of halogens is 2. The predicted octanol–water partition coefficient (Wildman–Crippen LogP) is 3.71. The molecule has 3 aromatic heterocycles. The van der Waals surface area contributed by atoms with Crippen molar-refractivity contribution in [3.63, 3.8) is 0 Å². The molecule has 0 radical (unpaired) electrons. The van der Waals surface area contributed by atoms with Gasteiger partial charge in [-0.1, -0.05) is 6.07 Å². The Morgan fingerprint density at radius 3 is 2.68 bits per heavy atom. The fraction of sp³-hybridized carbons (Fsp3) is 0.217. The van der Waals surface area contributed by atoms with Crippen LogP contribution in [-0.2, 0) is 11.3 Å². The van der Waals surface area contributed by atoms with Gasteiger partial charge in [0.1, 0.15) is 0 Å². The van der Waals surface area contributed by atoms with E-state index in [1.165, 1.54) is 4.90 Å². The number of pyridine rings is 2. The lowest BCUT2D eigenvalue weighted by Crippen LogP contribution is -2.37. The zero-order chi connectivity index (χ0) is 21.9. The van der Waals surface area contributed by atoms with Crippen LogP contribution in [0.3, 0.4) is 0 Å². The highest BCUT2D eigenvalue weighted by atomic mass is 19.2. The zero-order valence-electron chi connectivity index (χ0n) is 16.9. The normalized spacial score (nSPS) is 15.9. The number of carbonyl (C=O) groups is 1. The standard InChI is InChI=1S/C23H19F2N3O3/c1-12-3-4-14-5-13(9-28(14)8-12)23(30)27(2)20-11-31-10-19-21(20)15-6-17(24)18(25)7-16(15)22(29)26-19/h3-9,20H,10-11H2,1-2H3,(H,26,29)/t20-/m1/s1. The van der Waals surface area contributed by atoms with E-state index in [-0.39, 0.29) is 29.9 Å². The molecule has 4 heterocycles. The SMILES string of the molecule is Cc1ccc2cc(C(=O)N(C)[C@@H]3COCc4[nH]c(=O)c5cc(F)c(F)cc5c43)cn2c1. The molecule has 0 saturated carbocycles. The Morgan fingerprint density at radius 2 is 1.90 bits per heavy atom. The van der Waals surface area contributed by atoms with Crippen LogP contribution in [0.1, 0.15) is 33.2 Å². The predicted molar refractivity (Wildman–Crippen MR) is 111 cm³/mol. The summed E-state index contributed by atoms with van der Waals surface area (Å²) in [5.41, 5.74) is 2.93. The summed E-state index contributed by atoms with van der Waals surface area (Å²) in [6.45, 7) is 2.26. The molecule has 0 bridgehead atoms. The van der Waals surface area contributed by atoms with Crippen molar-refractivity contribution in [1.82, 2.24) is 14.3 Å². The minimum absolute atomic E-state index is 0.0375. The summed E-state index contributed by atoms with van der Waals surface area (Å²) in [6, 6.07) is 7.02. The van der Waals surface area contributed by atoms with Crippen molar-refractivity contribution in [1.29, 1.82) is 0 Å². The average molecular weight is 423 g/mol. The van der Waals surface area contributed by atoms with Crippen LogP contribution in [0.2, 0.25) is 0 Å². The number of aryl methyl sites for hydroxylation is 1. The lowest BCUT2D eigenvalue weighted by Gasteiger charge is -2.33. The number of nitrogens with zero attached hydrogens (tertiary/aromatic N) is 2. The number of carbonyl (C=O) groups excluding carboxylic acids is 1. The first kappa shape index (κ1) is 19.4. The molecule has 1 N–H and O–H groups in total. The number of hydrogen-bond acceptors (Lipinski definition) is 3. The Labute approximate surface area is 175 Å². The summed E-state index contributed by atoms with van der Waals surface area (Å²) in [5.74, 6) is -2.39. The molecule has 0 aliphatic carbocycles. The minimum Gasteiger partial charge on any atom is -0.373 e. The number of ether oxygens (including phenoxy) is 1. The van der Waals surface area contributed by atoms with Gasteiger partial charge in [-0.3, -0.25) is 9.59 Å². The number of nitrogens with one attached hydrogen (secondary N) is 1. The van der Waals surface area contributed by atoms with Crippen LogP contribution in [-0.4, -0.2) is 33.8 Å². The molecule has 1 aromatic carbocycles.